The third-order valence-electron chi connectivity index (χ3n) is 6.50. The van der Waals surface area contributed by atoms with Crippen LogP contribution < -0.4 is 5.32 Å². The molecule has 1 heterocycles. The molecule has 3 aromatic rings. The summed E-state index contributed by atoms with van der Waals surface area (Å²) in [6.07, 6.45) is 3.47. The van der Waals surface area contributed by atoms with Gasteiger partial charge in [-0.05, 0) is 43.4 Å². The molecule has 0 aliphatic heterocycles. The van der Waals surface area contributed by atoms with E-state index in [9.17, 15) is 4.79 Å². The molecule has 1 aliphatic carbocycles. The van der Waals surface area contributed by atoms with Crippen LogP contribution >= 0.6 is 11.6 Å². The van der Waals surface area contributed by atoms with Crippen LogP contribution in [0.2, 0.25) is 5.02 Å². The molecule has 152 valence electrons. The minimum absolute atomic E-state index is 0.0231. The smallest absolute Gasteiger partial charge is 0.244 e. The second-order valence-electron chi connectivity index (χ2n) is 8.38. The van der Waals surface area contributed by atoms with E-state index >= 15 is 0 Å². The molecule has 1 aliphatic rings. The Morgan fingerprint density at radius 1 is 1.17 bits per heavy atom. The molecule has 0 bridgehead atoms. The first kappa shape index (κ1) is 20.0. The third-order valence-corrected chi connectivity index (χ3v) is 6.73. The lowest BCUT2D eigenvalue weighted by Crippen LogP contribution is -2.46. The molecule has 4 nitrogen and oxygen atoms in total. The van der Waals surface area contributed by atoms with Crippen LogP contribution in [-0.4, -0.2) is 21.7 Å². The van der Waals surface area contributed by atoms with Crippen LogP contribution in [0.3, 0.4) is 0 Å². The van der Waals surface area contributed by atoms with Crippen molar-refractivity contribution in [1.82, 2.24) is 15.1 Å². The fourth-order valence-corrected chi connectivity index (χ4v) is 4.59. The highest BCUT2D eigenvalue weighted by molar-refractivity contribution is 6.31. The maximum Gasteiger partial charge on any atom is 0.244 e. The molecule has 29 heavy (non-hydrogen) atoms. The summed E-state index contributed by atoms with van der Waals surface area (Å²) in [6.45, 7) is 6.45. The van der Waals surface area contributed by atoms with Crippen LogP contribution in [0.4, 0.5) is 0 Å². The molecule has 1 amide bonds. The lowest BCUT2D eigenvalue weighted by atomic mass is 9.78. The fourth-order valence-electron chi connectivity index (χ4n) is 4.42. The zero-order valence-electron chi connectivity index (χ0n) is 17.2. The molecule has 2 aromatic carbocycles. The number of carbonyl (C=O) groups excluding carboxylic acids is 1. The summed E-state index contributed by atoms with van der Waals surface area (Å²) in [5.41, 5.74) is 2.78. The van der Waals surface area contributed by atoms with Gasteiger partial charge in [0, 0.05) is 22.0 Å². The van der Waals surface area contributed by atoms with Gasteiger partial charge in [-0.2, -0.15) is 5.10 Å². The Morgan fingerprint density at radius 3 is 2.69 bits per heavy atom. The molecule has 1 saturated carbocycles. The van der Waals surface area contributed by atoms with Gasteiger partial charge in [-0.3, -0.25) is 9.48 Å². The van der Waals surface area contributed by atoms with Gasteiger partial charge >= 0.3 is 0 Å². The van der Waals surface area contributed by atoms with Gasteiger partial charge in [0.05, 0.1) is 5.52 Å². The molecule has 0 unspecified atom stereocenters. The first-order valence-corrected chi connectivity index (χ1v) is 10.9. The molecule has 0 saturated heterocycles. The Kier molecular flexibility index (Phi) is 5.64. The standard InChI is InChI=1S/C24H28ClN3O/c1-15-8-7-11-21(16(15)2)26-24(29)17(3)28-22-13-12-19(25)14-20(22)23(27-28)18-9-5-4-6-10-18/h4-6,9-10,12-17,21H,7-8,11H2,1-3H3,(H,26,29)/t15-,16-,17+,21+/m1/s1. The quantitative estimate of drug-likeness (QED) is 0.586. The van der Waals surface area contributed by atoms with E-state index < -0.39 is 6.04 Å². The predicted molar refractivity (Wildman–Crippen MR) is 119 cm³/mol. The summed E-state index contributed by atoms with van der Waals surface area (Å²) >= 11 is 6.27. The van der Waals surface area contributed by atoms with E-state index in [1.807, 2.05) is 60.1 Å². The van der Waals surface area contributed by atoms with Crippen molar-refractivity contribution in [3.8, 4) is 11.3 Å². The lowest BCUT2D eigenvalue weighted by Gasteiger charge is -2.35. The van der Waals surface area contributed by atoms with Crippen molar-refractivity contribution in [2.75, 3.05) is 0 Å². The number of hydrogen-bond acceptors (Lipinski definition) is 2. The first-order valence-electron chi connectivity index (χ1n) is 10.5. The normalized spacial score (nSPS) is 23.1. The number of carbonyl (C=O) groups is 1. The fraction of sp³-hybridized carbons (Fsp3) is 0.417. The highest BCUT2D eigenvalue weighted by Crippen LogP contribution is 2.33. The molecular formula is C24H28ClN3O. The Bertz CT molecular complexity index is 1010. The molecule has 5 heteroatoms. The summed E-state index contributed by atoms with van der Waals surface area (Å²) in [5, 5.41) is 9.77. The molecule has 0 spiro atoms. The highest BCUT2D eigenvalue weighted by Gasteiger charge is 2.30. The van der Waals surface area contributed by atoms with E-state index in [-0.39, 0.29) is 11.9 Å². The van der Waals surface area contributed by atoms with Gasteiger partial charge in [0.1, 0.15) is 11.7 Å². The Labute approximate surface area is 177 Å². The van der Waals surface area contributed by atoms with Gasteiger partial charge in [0.25, 0.3) is 0 Å². The molecule has 4 atom stereocenters. The Hall–Kier alpha value is -2.33. The predicted octanol–water partition coefficient (Wildman–Crippen LogP) is 5.86. The number of amides is 1. The number of rotatable bonds is 4. The number of fused-ring (bicyclic) bond motifs is 1. The minimum atomic E-state index is -0.402. The van der Waals surface area contributed by atoms with Gasteiger partial charge in [-0.25, -0.2) is 0 Å². The van der Waals surface area contributed by atoms with Crippen LogP contribution in [0.15, 0.2) is 48.5 Å². The van der Waals surface area contributed by atoms with Crippen LogP contribution in [-0.2, 0) is 4.79 Å². The van der Waals surface area contributed by atoms with Gasteiger partial charge < -0.3 is 5.32 Å². The number of benzene rings is 2. The van der Waals surface area contributed by atoms with E-state index in [1.54, 1.807) is 0 Å². The monoisotopic (exact) mass is 409 g/mol. The second kappa shape index (κ2) is 8.19. The molecule has 4 rings (SSSR count). The second-order valence-corrected chi connectivity index (χ2v) is 8.82. The number of halogens is 1. The van der Waals surface area contributed by atoms with Crippen molar-refractivity contribution in [2.45, 2.75) is 52.1 Å². The Morgan fingerprint density at radius 2 is 1.93 bits per heavy atom. The third kappa shape index (κ3) is 3.91. The summed E-state index contributed by atoms with van der Waals surface area (Å²) in [6, 6.07) is 15.6. The van der Waals surface area contributed by atoms with Gasteiger partial charge in [-0.15, -0.1) is 0 Å². The van der Waals surface area contributed by atoms with Crippen LogP contribution in [0, 0.1) is 11.8 Å². The topological polar surface area (TPSA) is 46.9 Å². The SMILES string of the molecule is C[C@@H]1[C@H](C)CCC[C@@H]1NC(=O)[C@H](C)n1nc(-c2ccccc2)c2cc(Cl)ccc21. The summed E-state index contributed by atoms with van der Waals surface area (Å²) < 4.78 is 1.83. The van der Waals surface area contributed by atoms with Gasteiger partial charge in [0.2, 0.25) is 5.91 Å². The summed E-state index contributed by atoms with van der Waals surface area (Å²) in [7, 11) is 0. The van der Waals surface area contributed by atoms with Crippen LogP contribution in [0.25, 0.3) is 22.2 Å². The van der Waals surface area contributed by atoms with Gasteiger partial charge in [-0.1, -0.05) is 68.6 Å². The summed E-state index contributed by atoms with van der Waals surface area (Å²) in [4.78, 5) is 13.1. The number of nitrogens with zero attached hydrogens (tertiary/aromatic N) is 2. The average molecular weight is 410 g/mol. The largest absolute Gasteiger partial charge is 0.351 e. The van der Waals surface area contributed by atoms with Crippen LogP contribution in [0.5, 0.6) is 0 Å². The zero-order chi connectivity index (χ0) is 20.5. The molecule has 1 fully saturated rings. The Balaban J connectivity index is 1.67. The van der Waals surface area contributed by atoms with E-state index in [2.05, 4.69) is 19.2 Å². The lowest BCUT2D eigenvalue weighted by molar-refractivity contribution is -0.125. The van der Waals surface area contributed by atoms with E-state index in [0.717, 1.165) is 28.6 Å². The highest BCUT2D eigenvalue weighted by atomic mass is 35.5. The van der Waals surface area contributed by atoms with Gasteiger partial charge in [0.15, 0.2) is 0 Å². The maximum atomic E-state index is 13.1. The maximum absolute atomic E-state index is 13.1. The van der Waals surface area contributed by atoms with E-state index in [1.165, 1.54) is 12.8 Å². The number of nitrogens with one attached hydrogen (secondary N) is 1. The molecule has 0 radical (unpaired) electrons. The van der Waals surface area contributed by atoms with Crippen molar-refractivity contribution < 1.29 is 4.79 Å². The first-order chi connectivity index (χ1) is 14.0. The van der Waals surface area contributed by atoms with Crippen LogP contribution in [0.1, 0.15) is 46.1 Å². The number of hydrogen-bond donors (Lipinski definition) is 1. The van der Waals surface area contributed by atoms with E-state index in [4.69, 9.17) is 16.7 Å². The van der Waals surface area contributed by atoms with Crippen molar-refractivity contribution in [3.63, 3.8) is 0 Å². The van der Waals surface area contributed by atoms with Crippen molar-refractivity contribution >= 4 is 28.4 Å². The number of aromatic nitrogens is 2. The minimum Gasteiger partial charge on any atom is -0.351 e. The molecule has 1 aromatic heterocycles. The summed E-state index contributed by atoms with van der Waals surface area (Å²) in [5.74, 6) is 1.16. The van der Waals surface area contributed by atoms with Crippen molar-refractivity contribution in [1.29, 1.82) is 0 Å². The van der Waals surface area contributed by atoms with E-state index in [0.29, 0.717) is 16.9 Å². The van der Waals surface area contributed by atoms with Crippen molar-refractivity contribution in [2.24, 2.45) is 11.8 Å². The molecular weight excluding hydrogens is 382 g/mol. The van der Waals surface area contributed by atoms with Crippen molar-refractivity contribution in [3.05, 3.63) is 53.6 Å². The zero-order valence-corrected chi connectivity index (χ0v) is 18.0. The average Bonchev–Trinajstić information content (AvgIpc) is 3.10. The molecule has 1 N–H and O–H groups in total.